The highest BCUT2D eigenvalue weighted by atomic mass is 32.2. The van der Waals surface area contributed by atoms with Crippen LogP contribution in [-0.2, 0) is 0 Å². The summed E-state index contributed by atoms with van der Waals surface area (Å²) in [6.07, 6.45) is 24.8. The van der Waals surface area contributed by atoms with Gasteiger partial charge in [0.15, 0.2) is 0 Å². The molecule has 0 fully saturated rings. The summed E-state index contributed by atoms with van der Waals surface area (Å²) in [6.45, 7) is 14.0. The first-order chi connectivity index (χ1) is 18.0. The van der Waals surface area contributed by atoms with Crippen molar-refractivity contribution >= 4 is 17.3 Å². The maximum absolute atomic E-state index is 5.88. The normalized spacial score (nSPS) is 13.3. The Morgan fingerprint density at radius 1 is 0.946 bits per heavy atom. The molecule has 1 aromatic rings. The quantitative estimate of drug-likeness (QED) is 0.134. The van der Waals surface area contributed by atoms with Gasteiger partial charge in [0.25, 0.3) is 0 Å². The lowest BCUT2D eigenvalue weighted by Gasteiger charge is -2.14. The van der Waals surface area contributed by atoms with Gasteiger partial charge in [-0.15, -0.1) is 0 Å². The number of thioether (sulfide) groups is 1. The lowest BCUT2D eigenvalue weighted by molar-refractivity contribution is 0.808. The second-order valence-corrected chi connectivity index (χ2v) is 10.8. The summed E-state index contributed by atoms with van der Waals surface area (Å²) in [7, 11) is 0. The number of unbranched alkanes of at least 4 members (excludes halogenated alkanes) is 4. The monoisotopic (exact) mass is 517 g/mol. The zero-order valence-corrected chi connectivity index (χ0v) is 25.3. The SMILES string of the molecule is CCCC#Cc1ccc(/C(C)=C/C=C(\C=C\CCC)CCN)c(S/C(=C/C(C)=C\CCC)CCCC)c1. The molecular formula is C35H51NS. The molecule has 37 heavy (non-hydrogen) atoms. The number of hydrogen-bond donors (Lipinski definition) is 1. The first kappa shape index (κ1) is 32.8. The summed E-state index contributed by atoms with van der Waals surface area (Å²) in [5.74, 6) is 6.71. The Hall–Kier alpha value is -2.21. The minimum Gasteiger partial charge on any atom is -0.330 e. The van der Waals surface area contributed by atoms with Crippen molar-refractivity contribution in [2.45, 2.75) is 111 Å². The van der Waals surface area contributed by atoms with E-state index < -0.39 is 0 Å². The smallest absolute Gasteiger partial charge is 0.0256 e. The molecule has 0 atom stereocenters. The zero-order valence-electron chi connectivity index (χ0n) is 24.5. The van der Waals surface area contributed by atoms with Crippen molar-refractivity contribution in [2.75, 3.05) is 6.54 Å². The van der Waals surface area contributed by atoms with E-state index in [4.69, 9.17) is 5.73 Å². The van der Waals surface area contributed by atoms with E-state index in [2.05, 4.69) is 108 Å². The largest absolute Gasteiger partial charge is 0.330 e. The minimum absolute atomic E-state index is 0.665. The van der Waals surface area contributed by atoms with Gasteiger partial charge in [-0.05, 0) is 98.7 Å². The fourth-order valence-electron chi connectivity index (χ4n) is 3.74. The van der Waals surface area contributed by atoms with Gasteiger partial charge in [-0.2, -0.15) is 0 Å². The summed E-state index contributed by atoms with van der Waals surface area (Å²) in [4.78, 5) is 2.72. The molecule has 1 aromatic carbocycles. The van der Waals surface area contributed by atoms with Crippen molar-refractivity contribution < 1.29 is 0 Å². The van der Waals surface area contributed by atoms with E-state index in [1.807, 2.05) is 11.8 Å². The Bertz CT molecular complexity index is 1010. The molecule has 0 radical (unpaired) electrons. The summed E-state index contributed by atoms with van der Waals surface area (Å²) in [5, 5.41) is 0. The van der Waals surface area contributed by atoms with Crippen molar-refractivity contribution in [3.63, 3.8) is 0 Å². The Balaban J connectivity index is 3.48. The molecule has 0 saturated carbocycles. The van der Waals surface area contributed by atoms with E-state index in [1.165, 1.54) is 51.3 Å². The number of rotatable bonds is 16. The zero-order chi connectivity index (χ0) is 27.3. The molecule has 202 valence electrons. The highest BCUT2D eigenvalue weighted by Crippen LogP contribution is 2.37. The maximum Gasteiger partial charge on any atom is 0.0256 e. The molecule has 0 spiro atoms. The van der Waals surface area contributed by atoms with E-state index in [9.17, 15) is 0 Å². The van der Waals surface area contributed by atoms with Gasteiger partial charge < -0.3 is 5.73 Å². The van der Waals surface area contributed by atoms with Gasteiger partial charge in [0.1, 0.15) is 0 Å². The lowest BCUT2D eigenvalue weighted by atomic mass is 10.0. The third kappa shape index (κ3) is 14.3. The number of benzene rings is 1. The van der Waals surface area contributed by atoms with Crippen LogP contribution in [-0.4, -0.2) is 6.54 Å². The van der Waals surface area contributed by atoms with Crippen LogP contribution in [0.25, 0.3) is 5.57 Å². The highest BCUT2D eigenvalue weighted by molar-refractivity contribution is 8.03. The molecule has 0 aliphatic heterocycles. The van der Waals surface area contributed by atoms with Crippen LogP contribution in [0, 0.1) is 11.8 Å². The fourth-order valence-corrected chi connectivity index (χ4v) is 5.04. The molecule has 0 saturated heterocycles. The highest BCUT2D eigenvalue weighted by Gasteiger charge is 2.10. The van der Waals surface area contributed by atoms with Gasteiger partial charge in [-0.3, -0.25) is 0 Å². The van der Waals surface area contributed by atoms with Gasteiger partial charge in [-0.25, -0.2) is 0 Å². The summed E-state index contributed by atoms with van der Waals surface area (Å²) in [6, 6.07) is 6.72. The molecule has 2 N–H and O–H groups in total. The van der Waals surface area contributed by atoms with Crippen LogP contribution < -0.4 is 5.73 Å². The Morgan fingerprint density at radius 2 is 1.73 bits per heavy atom. The van der Waals surface area contributed by atoms with E-state index in [1.54, 1.807) is 0 Å². The standard InChI is InChI=1S/C35H51NS/c1-7-11-15-18-31(25-26-36)22-21-30(6)34-24-23-32(19-16-12-8-2)28-35(34)37-33(20-14-10-4)27-29(5)17-13-9-3/h15,17-18,21-24,27-28H,7-14,20,25-26,36H2,1-6H3/b18-15+,29-17-,30-21+,31-22+,33-27+. The molecule has 2 heteroatoms. The predicted molar refractivity (Wildman–Crippen MR) is 170 cm³/mol. The van der Waals surface area contributed by atoms with Crippen molar-refractivity contribution in [3.8, 4) is 11.8 Å². The first-order valence-electron chi connectivity index (χ1n) is 14.4. The average molecular weight is 518 g/mol. The maximum atomic E-state index is 5.88. The number of nitrogens with two attached hydrogens (primary N) is 1. The van der Waals surface area contributed by atoms with E-state index in [-0.39, 0.29) is 0 Å². The molecule has 0 bridgehead atoms. The van der Waals surface area contributed by atoms with Crippen LogP contribution >= 0.6 is 11.8 Å². The van der Waals surface area contributed by atoms with Crippen LogP contribution in [0.1, 0.15) is 117 Å². The van der Waals surface area contributed by atoms with Gasteiger partial charge >= 0.3 is 0 Å². The molecule has 0 aliphatic carbocycles. The second-order valence-electron chi connectivity index (χ2n) is 9.64. The van der Waals surface area contributed by atoms with Gasteiger partial charge in [0.2, 0.25) is 0 Å². The van der Waals surface area contributed by atoms with Crippen molar-refractivity contribution in [1.29, 1.82) is 0 Å². The molecule has 0 aromatic heterocycles. The molecule has 0 aliphatic rings. The molecule has 1 rings (SSSR count). The Morgan fingerprint density at radius 3 is 2.41 bits per heavy atom. The van der Waals surface area contributed by atoms with Crippen molar-refractivity contribution in [2.24, 2.45) is 5.73 Å². The first-order valence-corrected chi connectivity index (χ1v) is 15.2. The minimum atomic E-state index is 0.665. The molecule has 0 heterocycles. The molecule has 1 nitrogen and oxygen atoms in total. The van der Waals surface area contributed by atoms with Crippen LogP contribution in [0.3, 0.4) is 0 Å². The number of hydrogen-bond acceptors (Lipinski definition) is 2. The van der Waals surface area contributed by atoms with Gasteiger partial charge in [0, 0.05) is 16.9 Å². The summed E-state index contributed by atoms with van der Waals surface area (Å²) in [5.41, 5.74) is 12.2. The van der Waals surface area contributed by atoms with Crippen LogP contribution in [0.5, 0.6) is 0 Å². The van der Waals surface area contributed by atoms with Gasteiger partial charge in [-0.1, -0.05) is 113 Å². The van der Waals surface area contributed by atoms with Crippen LogP contribution in [0.2, 0.25) is 0 Å². The predicted octanol–water partition coefficient (Wildman–Crippen LogP) is 10.8. The number of allylic oxidation sites excluding steroid dienone is 9. The fraction of sp³-hybridized carbons (Fsp3) is 0.486. The summed E-state index contributed by atoms with van der Waals surface area (Å²) < 4.78 is 0. The van der Waals surface area contributed by atoms with Crippen molar-refractivity contribution in [3.05, 3.63) is 81.8 Å². The lowest BCUT2D eigenvalue weighted by Crippen LogP contribution is -1.99. The van der Waals surface area contributed by atoms with Crippen LogP contribution in [0.4, 0.5) is 0 Å². The van der Waals surface area contributed by atoms with Crippen molar-refractivity contribution in [1.82, 2.24) is 0 Å². The molecule has 0 amide bonds. The third-order valence-corrected chi connectivity index (χ3v) is 7.09. The molecule has 0 unspecified atom stereocenters. The molecular weight excluding hydrogens is 466 g/mol. The van der Waals surface area contributed by atoms with Crippen LogP contribution in [0.15, 0.2) is 75.6 Å². The second kappa shape index (κ2) is 20.8. The van der Waals surface area contributed by atoms with E-state index in [0.29, 0.717) is 6.54 Å². The van der Waals surface area contributed by atoms with Gasteiger partial charge in [0.05, 0.1) is 0 Å². The topological polar surface area (TPSA) is 26.0 Å². The Labute approximate surface area is 233 Å². The third-order valence-electron chi connectivity index (χ3n) is 5.94. The Kier molecular flexibility index (Phi) is 18.5. The average Bonchev–Trinajstić information content (AvgIpc) is 2.89. The van der Waals surface area contributed by atoms with E-state index >= 15 is 0 Å². The summed E-state index contributed by atoms with van der Waals surface area (Å²) >= 11 is 1.92. The van der Waals surface area contributed by atoms with E-state index in [0.717, 1.165) is 50.5 Å².